The Bertz CT molecular complexity index is 856. The second kappa shape index (κ2) is 10.4. The minimum atomic E-state index is -0.616. The molecule has 4 aliphatic carbocycles. The first-order valence-electron chi connectivity index (χ1n) is 14.5. The maximum atomic E-state index is 12.7. The van der Waals surface area contributed by atoms with E-state index in [2.05, 4.69) is 26.1 Å². The number of hydrogen-bond acceptors (Lipinski definition) is 5. The molecule has 0 aromatic carbocycles. The number of carbonyl (C=O) groups excluding carboxylic acids is 3. The van der Waals surface area contributed by atoms with E-state index in [0.29, 0.717) is 54.1 Å². The fourth-order valence-electron chi connectivity index (χ4n) is 9.40. The second-order valence-corrected chi connectivity index (χ2v) is 13.5. The van der Waals surface area contributed by atoms with E-state index in [9.17, 15) is 19.5 Å². The first-order valence-corrected chi connectivity index (χ1v) is 14.5. The summed E-state index contributed by atoms with van der Waals surface area (Å²) in [6.07, 6.45) is 8.74. The molecule has 4 aliphatic rings. The Morgan fingerprint density at radius 1 is 1.11 bits per heavy atom. The number of methoxy groups -OCH3 is 1. The van der Waals surface area contributed by atoms with Crippen LogP contribution >= 0.6 is 0 Å². The number of aliphatic hydroxyl groups is 1. The highest BCUT2D eigenvalue weighted by Crippen LogP contribution is 2.68. The van der Waals surface area contributed by atoms with Crippen molar-refractivity contribution in [3.63, 3.8) is 0 Å². The van der Waals surface area contributed by atoms with Crippen LogP contribution in [0.5, 0.6) is 0 Å². The smallest absolute Gasteiger partial charge is 0.328 e. The predicted molar refractivity (Wildman–Crippen MR) is 139 cm³/mol. The van der Waals surface area contributed by atoms with Crippen LogP contribution in [-0.4, -0.2) is 42.0 Å². The minimum Gasteiger partial charge on any atom is -0.467 e. The van der Waals surface area contributed by atoms with E-state index in [1.54, 1.807) is 0 Å². The fraction of sp³-hybridized carbons (Fsp3) is 0.900. The van der Waals surface area contributed by atoms with Crippen molar-refractivity contribution in [3.8, 4) is 0 Å². The van der Waals surface area contributed by atoms with Crippen LogP contribution in [-0.2, 0) is 19.1 Å². The number of hydrogen-bond donors (Lipinski definition) is 2. The average molecular weight is 504 g/mol. The van der Waals surface area contributed by atoms with E-state index in [4.69, 9.17) is 4.74 Å². The van der Waals surface area contributed by atoms with E-state index in [1.165, 1.54) is 13.5 Å². The number of ether oxygens (including phenoxy) is 1. The van der Waals surface area contributed by atoms with Gasteiger partial charge in [0, 0.05) is 19.3 Å². The minimum absolute atomic E-state index is 0.0297. The topological polar surface area (TPSA) is 92.7 Å². The van der Waals surface area contributed by atoms with Crippen molar-refractivity contribution in [1.29, 1.82) is 0 Å². The lowest BCUT2D eigenvalue weighted by atomic mass is 9.44. The molecular formula is C30H49NO5. The molecule has 0 aliphatic heterocycles. The Hall–Kier alpha value is -1.43. The monoisotopic (exact) mass is 503 g/mol. The van der Waals surface area contributed by atoms with Gasteiger partial charge in [0.05, 0.1) is 13.2 Å². The van der Waals surface area contributed by atoms with Crippen LogP contribution in [0, 0.1) is 52.3 Å². The van der Waals surface area contributed by atoms with Crippen LogP contribution in [0.3, 0.4) is 0 Å². The Morgan fingerprint density at radius 2 is 1.83 bits per heavy atom. The van der Waals surface area contributed by atoms with Crippen molar-refractivity contribution in [1.82, 2.24) is 5.32 Å². The zero-order valence-corrected chi connectivity index (χ0v) is 23.3. The largest absolute Gasteiger partial charge is 0.467 e. The molecule has 4 rings (SSSR count). The van der Waals surface area contributed by atoms with Crippen molar-refractivity contribution in [2.75, 3.05) is 7.11 Å². The summed E-state index contributed by atoms with van der Waals surface area (Å²) < 4.78 is 4.86. The third-order valence-corrected chi connectivity index (χ3v) is 11.6. The summed E-state index contributed by atoms with van der Waals surface area (Å²) in [5, 5.41) is 14.6. The molecule has 36 heavy (non-hydrogen) atoms. The molecular weight excluding hydrogens is 454 g/mol. The number of nitrogens with one attached hydrogen (secondary N) is 1. The summed E-state index contributed by atoms with van der Waals surface area (Å²) in [7, 11) is 1.35. The maximum Gasteiger partial charge on any atom is 0.328 e. The number of esters is 1. The van der Waals surface area contributed by atoms with Crippen LogP contribution < -0.4 is 5.32 Å². The van der Waals surface area contributed by atoms with Gasteiger partial charge < -0.3 is 15.2 Å². The molecule has 0 heterocycles. The summed E-state index contributed by atoms with van der Waals surface area (Å²) in [6, 6.07) is -0.616. The van der Waals surface area contributed by atoms with E-state index in [1.807, 2.05) is 13.8 Å². The van der Waals surface area contributed by atoms with Gasteiger partial charge in [-0.15, -0.1) is 0 Å². The van der Waals surface area contributed by atoms with Crippen molar-refractivity contribution in [3.05, 3.63) is 0 Å². The summed E-state index contributed by atoms with van der Waals surface area (Å²) in [4.78, 5) is 36.9. The van der Waals surface area contributed by atoms with Crippen LogP contribution in [0.4, 0.5) is 0 Å². The van der Waals surface area contributed by atoms with E-state index in [-0.39, 0.29) is 28.8 Å². The van der Waals surface area contributed by atoms with Crippen LogP contribution in [0.2, 0.25) is 0 Å². The lowest BCUT2D eigenvalue weighted by Gasteiger charge is -2.62. The van der Waals surface area contributed by atoms with Gasteiger partial charge >= 0.3 is 5.97 Å². The number of rotatable bonds is 7. The van der Waals surface area contributed by atoms with Gasteiger partial charge in [-0.2, -0.15) is 0 Å². The molecule has 0 spiro atoms. The lowest BCUT2D eigenvalue weighted by molar-refractivity contribution is -0.170. The summed E-state index contributed by atoms with van der Waals surface area (Å²) >= 11 is 0. The number of carbonyl (C=O) groups is 3. The molecule has 0 bridgehead atoms. The maximum absolute atomic E-state index is 12.7. The third-order valence-electron chi connectivity index (χ3n) is 11.6. The Morgan fingerprint density at radius 3 is 2.50 bits per heavy atom. The molecule has 0 unspecified atom stereocenters. The Kier molecular flexibility index (Phi) is 7.96. The normalized spacial score (nSPS) is 41.6. The first kappa shape index (κ1) is 27.6. The zero-order chi connectivity index (χ0) is 26.4. The van der Waals surface area contributed by atoms with Crippen molar-refractivity contribution in [2.45, 2.75) is 111 Å². The van der Waals surface area contributed by atoms with Crippen LogP contribution in [0.15, 0.2) is 0 Å². The standard InChI is InChI=1S/C30H49NO5/c1-17(2)27(28(35)36-6)31-26(34)12-7-18(3)22-10-11-23-21-9-8-19-15-20(32)13-14-29(19,4)24(21)16-25(33)30(22,23)5/h17-19,21-25,27,33H,7-16H2,1-6H3,(H,31,34)/t18-,19-,21+,22-,23+,24+,25+,27+,29+,30-/m1/s1. The molecule has 0 saturated heterocycles. The molecule has 0 radical (unpaired) electrons. The lowest BCUT2D eigenvalue weighted by Crippen LogP contribution is -2.58. The molecule has 2 N–H and O–H groups in total. The number of Topliss-reactive ketones (excluding diaryl/α,β-unsaturated/α-hetero) is 1. The fourth-order valence-corrected chi connectivity index (χ4v) is 9.40. The van der Waals surface area contributed by atoms with Gasteiger partial charge in [-0.25, -0.2) is 4.79 Å². The summed E-state index contributed by atoms with van der Waals surface area (Å²) in [6.45, 7) is 10.8. The predicted octanol–water partition coefficient (Wildman–Crippen LogP) is 4.92. The summed E-state index contributed by atoms with van der Waals surface area (Å²) in [5.41, 5.74) is 0.0742. The molecule has 0 aromatic rings. The molecule has 4 saturated carbocycles. The molecule has 4 fully saturated rings. The van der Waals surface area contributed by atoms with Gasteiger partial charge in [0.1, 0.15) is 11.8 Å². The van der Waals surface area contributed by atoms with Crippen LogP contribution in [0.25, 0.3) is 0 Å². The highest BCUT2D eigenvalue weighted by Gasteiger charge is 2.63. The summed E-state index contributed by atoms with van der Waals surface area (Å²) in [5.74, 6) is 2.79. The van der Waals surface area contributed by atoms with Gasteiger partial charge in [0.25, 0.3) is 0 Å². The van der Waals surface area contributed by atoms with Gasteiger partial charge in [-0.05, 0) is 97.2 Å². The van der Waals surface area contributed by atoms with Gasteiger partial charge in [0.2, 0.25) is 5.91 Å². The highest BCUT2D eigenvalue weighted by molar-refractivity contribution is 5.84. The number of amides is 1. The highest BCUT2D eigenvalue weighted by atomic mass is 16.5. The zero-order valence-electron chi connectivity index (χ0n) is 23.3. The van der Waals surface area contributed by atoms with Gasteiger partial charge in [0.15, 0.2) is 0 Å². The van der Waals surface area contributed by atoms with Gasteiger partial charge in [-0.3, -0.25) is 9.59 Å². The molecule has 6 nitrogen and oxygen atoms in total. The first-order chi connectivity index (χ1) is 16.9. The average Bonchev–Trinajstić information content (AvgIpc) is 3.20. The third kappa shape index (κ3) is 4.65. The SMILES string of the molecule is COC(=O)[C@@H](NC(=O)CC[C@@H](C)[C@H]1CC[C@H]2[C@@H]3CC[C@@H]4CC(=O)CC[C@]4(C)[C@H]3C[C@H](O)[C@]12C)C(C)C. The van der Waals surface area contributed by atoms with E-state index in [0.717, 1.165) is 44.9 Å². The Balaban J connectivity index is 1.42. The van der Waals surface area contributed by atoms with Gasteiger partial charge in [-0.1, -0.05) is 34.6 Å². The second-order valence-electron chi connectivity index (χ2n) is 13.5. The molecule has 204 valence electrons. The molecule has 10 atom stereocenters. The van der Waals surface area contributed by atoms with Crippen molar-refractivity contribution in [2.24, 2.45) is 52.3 Å². The molecule has 1 amide bonds. The van der Waals surface area contributed by atoms with Crippen LogP contribution in [0.1, 0.15) is 98.8 Å². The molecule has 6 heteroatoms. The number of ketones is 1. The Labute approximate surface area is 217 Å². The van der Waals surface area contributed by atoms with Crippen molar-refractivity contribution >= 4 is 17.7 Å². The van der Waals surface area contributed by atoms with E-state index < -0.39 is 12.0 Å². The number of aliphatic hydroxyl groups excluding tert-OH is 1. The van der Waals surface area contributed by atoms with Crippen molar-refractivity contribution < 1.29 is 24.2 Å². The quantitative estimate of drug-likeness (QED) is 0.481. The number of fused-ring (bicyclic) bond motifs is 5. The molecule has 0 aromatic heterocycles. The van der Waals surface area contributed by atoms with E-state index >= 15 is 0 Å².